The van der Waals surface area contributed by atoms with E-state index in [-0.39, 0.29) is 24.5 Å². The van der Waals surface area contributed by atoms with Crippen molar-refractivity contribution >= 4 is 11.8 Å². The zero-order valence-corrected chi connectivity index (χ0v) is 19.5. The number of carbonyl (C=O) groups is 2. The third-order valence-electron chi connectivity index (χ3n) is 6.06. The van der Waals surface area contributed by atoms with Gasteiger partial charge in [-0.1, -0.05) is 42.7 Å². The molecule has 6 nitrogen and oxygen atoms in total. The lowest BCUT2D eigenvalue weighted by atomic mass is 10.1. The van der Waals surface area contributed by atoms with Crippen LogP contribution in [-0.4, -0.2) is 42.5 Å². The van der Waals surface area contributed by atoms with Crippen LogP contribution in [0.25, 0.3) is 0 Å². The van der Waals surface area contributed by atoms with Crippen LogP contribution in [0, 0.1) is 13.8 Å². The molecule has 0 radical (unpaired) electrons. The molecular weight excluding hydrogens is 404 g/mol. The molecule has 1 fully saturated rings. The largest absolute Gasteiger partial charge is 0.497 e. The first-order valence-electron chi connectivity index (χ1n) is 11.3. The Kier molecular flexibility index (Phi) is 8.14. The van der Waals surface area contributed by atoms with E-state index >= 15 is 0 Å². The molecule has 2 aromatic rings. The lowest BCUT2D eigenvalue weighted by Crippen LogP contribution is -2.50. The predicted molar refractivity (Wildman–Crippen MR) is 125 cm³/mol. The van der Waals surface area contributed by atoms with Gasteiger partial charge in [0.05, 0.1) is 7.11 Å². The van der Waals surface area contributed by atoms with E-state index in [1.54, 1.807) is 18.9 Å². The van der Waals surface area contributed by atoms with Crippen molar-refractivity contribution in [2.45, 2.75) is 65.1 Å². The van der Waals surface area contributed by atoms with E-state index in [0.717, 1.165) is 48.1 Å². The maximum absolute atomic E-state index is 13.2. The lowest BCUT2D eigenvalue weighted by molar-refractivity contribution is -0.142. The lowest BCUT2D eigenvalue weighted by Gasteiger charge is -2.29. The standard InChI is InChI=1S/C26H34N2O4/c1-18-9-14-24(19(2)15-18)32-17-25(29)28(16-21-10-12-23(31-4)13-11-21)20(3)26(30)27-22-7-5-6-8-22/h9-15,20,22H,5-8,16-17H2,1-4H3,(H,27,30)/t20-/m1/s1. The molecule has 6 heteroatoms. The monoisotopic (exact) mass is 438 g/mol. The number of hydrogen-bond acceptors (Lipinski definition) is 4. The third kappa shape index (κ3) is 6.25. The topological polar surface area (TPSA) is 67.9 Å². The number of methoxy groups -OCH3 is 1. The molecule has 0 aromatic heterocycles. The highest BCUT2D eigenvalue weighted by Gasteiger charge is 2.28. The van der Waals surface area contributed by atoms with Gasteiger partial charge in [-0.3, -0.25) is 9.59 Å². The first-order chi connectivity index (χ1) is 15.4. The van der Waals surface area contributed by atoms with Crippen LogP contribution in [0.3, 0.4) is 0 Å². The van der Waals surface area contributed by atoms with Gasteiger partial charge in [0, 0.05) is 12.6 Å². The summed E-state index contributed by atoms with van der Waals surface area (Å²) >= 11 is 0. The van der Waals surface area contributed by atoms with Gasteiger partial charge in [-0.2, -0.15) is 0 Å². The van der Waals surface area contributed by atoms with Gasteiger partial charge in [0.1, 0.15) is 17.5 Å². The minimum Gasteiger partial charge on any atom is -0.497 e. The molecule has 1 saturated carbocycles. The second-order valence-electron chi connectivity index (χ2n) is 8.59. The van der Waals surface area contributed by atoms with Crippen molar-refractivity contribution in [3.63, 3.8) is 0 Å². The number of ether oxygens (including phenoxy) is 2. The van der Waals surface area contributed by atoms with E-state index in [2.05, 4.69) is 5.32 Å². The summed E-state index contributed by atoms with van der Waals surface area (Å²) in [6.45, 7) is 5.95. The molecule has 32 heavy (non-hydrogen) atoms. The maximum atomic E-state index is 13.2. The second-order valence-corrected chi connectivity index (χ2v) is 8.59. The molecule has 1 aliphatic carbocycles. The second kappa shape index (κ2) is 11.0. The highest BCUT2D eigenvalue weighted by molar-refractivity contribution is 5.88. The Hall–Kier alpha value is -3.02. The average Bonchev–Trinajstić information content (AvgIpc) is 3.29. The first-order valence-corrected chi connectivity index (χ1v) is 11.3. The Morgan fingerprint density at radius 2 is 1.78 bits per heavy atom. The molecule has 1 aliphatic rings. The Labute approximate surface area is 190 Å². The molecule has 2 amide bonds. The summed E-state index contributed by atoms with van der Waals surface area (Å²) < 4.78 is 11.1. The zero-order chi connectivity index (χ0) is 23.1. The highest BCUT2D eigenvalue weighted by atomic mass is 16.5. The first kappa shape index (κ1) is 23.6. The molecule has 0 spiro atoms. The molecule has 1 atom stereocenters. The van der Waals surface area contributed by atoms with Crippen LogP contribution in [0.15, 0.2) is 42.5 Å². The van der Waals surface area contributed by atoms with Crippen molar-refractivity contribution < 1.29 is 19.1 Å². The van der Waals surface area contributed by atoms with E-state index in [1.165, 1.54) is 0 Å². The Morgan fingerprint density at radius 3 is 2.41 bits per heavy atom. The average molecular weight is 439 g/mol. The van der Waals surface area contributed by atoms with Crippen LogP contribution in [0.4, 0.5) is 0 Å². The van der Waals surface area contributed by atoms with Gasteiger partial charge in [0.2, 0.25) is 5.91 Å². The fourth-order valence-electron chi connectivity index (χ4n) is 4.09. The molecule has 0 saturated heterocycles. The number of rotatable bonds is 9. The molecule has 0 aliphatic heterocycles. The number of nitrogens with zero attached hydrogens (tertiary/aromatic N) is 1. The molecule has 0 unspecified atom stereocenters. The SMILES string of the molecule is COc1ccc(CN(C(=O)COc2ccc(C)cc2C)[C@H](C)C(=O)NC2CCCC2)cc1. The Bertz CT molecular complexity index is 920. The summed E-state index contributed by atoms with van der Waals surface area (Å²) in [6, 6.07) is 13.0. The Balaban J connectivity index is 1.72. The van der Waals surface area contributed by atoms with Gasteiger partial charge in [-0.05, 0) is 62.9 Å². The van der Waals surface area contributed by atoms with E-state index in [0.29, 0.717) is 12.3 Å². The molecule has 172 valence electrons. The Morgan fingerprint density at radius 1 is 1.09 bits per heavy atom. The molecule has 2 aromatic carbocycles. The van der Waals surface area contributed by atoms with Gasteiger partial charge in [-0.15, -0.1) is 0 Å². The summed E-state index contributed by atoms with van der Waals surface area (Å²) in [5, 5.41) is 3.11. The summed E-state index contributed by atoms with van der Waals surface area (Å²) in [4.78, 5) is 27.7. The summed E-state index contributed by atoms with van der Waals surface area (Å²) in [6.07, 6.45) is 4.27. The number of hydrogen-bond donors (Lipinski definition) is 1. The van der Waals surface area contributed by atoms with Crippen molar-refractivity contribution in [1.82, 2.24) is 10.2 Å². The van der Waals surface area contributed by atoms with Crippen molar-refractivity contribution in [3.8, 4) is 11.5 Å². The number of aryl methyl sites for hydroxylation is 2. The molecule has 0 heterocycles. The van der Waals surface area contributed by atoms with Crippen molar-refractivity contribution in [1.29, 1.82) is 0 Å². The minimum atomic E-state index is -0.604. The maximum Gasteiger partial charge on any atom is 0.261 e. The predicted octanol–water partition coefficient (Wildman–Crippen LogP) is 4.17. The number of carbonyl (C=O) groups excluding carboxylic acids is 2. The quantitative estimate of drug-likeness (QED) is 0.638. The van der Waals surface area contributed by atoms with E-state index < -0.39 is 6.04 Å². The van der Waals surface area contributed by atoms with Crippen LogP contribution in [-0.2, 0) is 16.1 Å². The zero-order valence-electron chi connectivity index (χ0n) is 19.5. The van der Waals surface area contributed by atoms with Gasteiger partial charge in [0.15, 0.2) is 6.61 Å². The van der Waals surface area contributed by atoms with Gasteiger partial charge < -0.3 is 19.7 Å². The van der Waals surface area contributed by atoms with Gasteiger partial charge >= 0.3 is 0 Å². The summed E-state index contributed by atoms with van der Waals surface area (Å²) in [7, 11) is 1.62. The molecule has 3 rings (SSSR count). The fraction of sp³-hybridized carbons (Fsp3) is 0.462. The smallest absolute Gasteiger partial charge is 0.261 e. The number of amides is 2. The van der Waals surface area contributed by atoms with Gasteiger partial charge in [-0.25, -0.2) is 0 Å². The van der Waals surface area contributed by atoms with Gasteiger partial charge in [0.25, 0.3) is 5.91 Å². The third-order valence-corrected chi connectivity index (χ3v) is 6.06. The minimum absolute atomic E-state index is 0.120. The van der Waals surface area contributed by atoms with E-state index in [4.69, 9.17) is 9.47 Å². The van der Waals surface area contributed by atoms with Crippen molar-refractivity contribution in [3.05, 3.63) is 59.2 Å². The molecule has 0 bridgehead atoms. The van der Waals surface area contributed by atoms with E-state index in [9.17, 15) is 9.59 Å². The summed E-state index contributed by atoms with van der Waals surface area (Å²) in [5.41, 5.74) is 3.04. The van der Waals surface area contributed by atoms with Crippen LogP contribution in [0.2, 0.25) is 0 Å². The van der Waals surface area contributed by atoms with Crippen molar-refractivity contribution in [2.24, 2.45) is 0 Å². The summed E-state index contributed by atoms with van der Waals surface area (Å²) in [5.74, 6) is 1.08. The molecule has 1 N–H and O–H groups in total. The molecular formula is C26H34N2O4. The normalized spacial score (nSPS) is 14.6. The van der Waals surface area contributed by atoms with Crippen molar-refractivity contribution in [2.75, 3.05) is 13.7 Å². The number of benzene rings is 2. The highest BCUT2D eigenvalue weighted by Crippen LogP contribution is 2.21. The van der Waals surface area contributed by atoms with Crippen LogP contribution in [0.1, 0.15) is 49.3 Å². The number of nitrogens with one attached hydrogen (secondary N) is 1. The van der Waals surface area contributed by atoms with Crippen LogP contribution in [0.5, 0.6) is 11.5 Å². The van der Waals surface area contributed by atoms with E-state index in [1.807, 2.05) is 56.3 Å². The fourth-order valence-corrected chi connectivity index (χ4v) is 4.09. The van der Waals surface area contributed by atoms with Crippen LogP contribution >= 0.6 is 0 Å². The van der Waals surface area contributed by atoms with Crippen LogP contribution < -0.4 is 14.8 Å².